The number of ether oxygens (including phenoxy) is 2. The predicted molar refractivity (Wildman–Crippen MR) is 86.0 cm³/mol. The molecule has 3 heterocycles. The van der Waals surface area contributed by atoms with Gasteiger partial charge in [0.05, 0.1) is 19.8 Å². The van der Waals surface area contributed by atoms with Crippen molar-refractivity contribution < 1.29 is 14.3 Å². The molecule has 0 radical (unpaired) electrons. The molecule has 2 aromatic heterocycles. The van der Waals surface area contributed by atoms with E-state index in [0.717, 1.165) is 24.4 Å². The van der Waals surface area contributed by atoms with Gasteiger partial charge in [-0.05, 0) is 19.8 Å². The maximum absolute atomic E-state index is 11.8. The van der Waals surface area contributed by atoms with E-state index in [1.54, 1.807) is 31.7 Å². The van der Waals surface area contributed by atoms with Crippen molar-refractivity contribution in [1.82, 2.24) is 15.0 Å². The quantitative estimate of drug-likeness (QED) is 0.777. The van der Waals surface area contributed by atoms with Crippen LogP contribution in [0.5, 0.6) is 5.88 Å². The minimum Gasteiger partial charge on any atom is -0.481 e. The highest BCUT2D eigenvalue weighted by atomic mass is 32.1. The zero-order valence-corrected chi connectivity index (χ0v) is 13.9. The lowest BCUT2D eigenvalue weighted by atomic mass is 10.2. The fourth-order valence-electron chi connectivity index (χ4n) is 2.59. The summed E-state index contributed by atoms with van der Waals surface area (Å²) < 4.78 is 10.2. The van der Waals surface area contributed by atoms with Gasteiger partial charge in [0.25, 0.3) is 0 Å². The van der Waals surface area contributed by atoms with Crippen LogP contribution < -0.4 is 9.64 Å². The molecule has 2 aromatic rings. The summed E-state index contributed by atoms with van der Waals surface area (Å²) in [6, 6.07) is 1.80. The van der Waals surface area contributed by atoms with E-state index >= 15 is 0 Å². The molecule has 0 aromatic carbocycles. The molecule has 0 bridgehead atoms. The number of hydrogen-bond acceptors (Lipinski definition) is 8. The van der Waals surface area contributed by atoms with Gasteiger partial charge in [-0.15, -0.1) is 11.3 Å². The second kappa shape index (κ2) is 6.91. The molecular weight excluding hydrogens is 316 g/mol. The molecule has 8 heteroatoms. The molecule has 0 saturated carbocycles. The van der Waals surface area contributed by atoms with Crippen molar-refractivity contribution in [2.75, 3.05) is 25.2 Å². The molecule has 1 saturated heterocycles. The van der Waals surface area contributed by atoms with E-state index in [0.29, 0.717) is 24.1 Å². The number of esters is 1. The summed E-state index contributed by atoms with van der Waals surface area (Å²) in [6.45, 7) is 2.98. The Morgan fingerprint density at radius 2 is 2.35 bits per heavy atom. The standard InChI is InChI=1S/C15H18N4O3S/c1-3-22-14(20)10-9-23-13(17-10)11-5-4-8-19(11)15-16-7-6-12(18-15)21-2/h6-7,9,11H,3-5,8H2,1-2H3. The van der Waals surface area contributed by atoms with Crippen LogP contribution in [0.3, 0.4) is 0 Å². The second-order valence-corrected chi connectivity index (χ2v) is 5.93. The van der Waals surface area contributed by atoms with E-state index in [1.807, 2.05) is 0 Å². The molecule has 1 aliphatic heterocycles. The van der Waals surface area contributed by atoms with Crippen molar-refractivity contribution in [2.24, 2.45) is 0 Å². The van der Waals surface area contributed by atoms with Gasteiger partial charge in [-0.3, -0.25) is 0 Å². The first kappa shape index (κ1) is 15.7. The smallest absolute Gasteiger partial charge is 0.357 e. The van der Waals surface area contributed by atoms with Gasteiger partial charge in [0.15, 0.2) is 5.69 Å². The summed E-state index contributed by atoms with van der Waals surface area (Å²) in [7, 11) is 1.58. The average Bonchev–Trinajstić information content (AvgIpc) is 3.24. The van der Waals surface area contributed by atoms with Crippen molar-refractivity contribution in [1.29, 1.82) is 0 Å². The van der Waals surface area contributed by atoms with Crippen molar-refractivity contribution in [3.05, 3.63) is 28.3 Å². The highest BCUT2D eigenvalue weighted by molar-refractivity contribution is 7.09. The van der Waals surface area contributed by atoms with E-state index in [9.17, 15) is 4.79 Å². The zero-order valence-electron chi connectivity index (χ0n) is 13.1. The summed E-state index contributed by atoms with van der Waals surface area (Å²) in [4.78, 5) is 27.1. The van der Waals surface area contributed by atoms with Gasteiger partial charge < -0.3 is 14.4 Å². The molecule has 23 heavy (non-hydrogen) atoms. The van der Waals surface area contributed by atoms with Crippen molar-refractivity contribution in [2.45, 2.75) is 25.8 Å². The van der Waals surface area contributed by atoms with Crippen molar-refractivity contribution >= 4 is 23.3 Å². The highest BCUT2D eigenvalue weighted by Crippen LogP contribution is 2.36. The van der Waals surface area contributed by atoms with Crippen LogP contribution in [0, 0.1) is 0 Å². The Morgan fingerprint density at radius 1 is 1.48 bits per heavy atom. The topological polar surface area (TPSA) is 77.4 Å². The van der Waals surface area contributed by atoms with Crippen LogP contribution in [0.2, 0.25) is 0 Å². The number of hydrogen-bond donors (Lipinski definition) is 0. The van der Waals surface area contributed by atoms with Crippen LogP contribution in [0.15, 0.2) is 17.6 Å². The molecule has 3 rings (SSSR count). The minimum atomic E-state index is -0.378. The van der Waals surface area contributed by atoms with E-state index in [2.05, 4.69) is 19.9 Å². The molecule has 0 aliphatic carbocycles. The lowest BCUT2D eigenvalue weighted by molar-refractivity contribution is 0.0520. The van der Waals surface area contributed by atoms with Gasteiger partial charge in [0, 0.05) is 24.2 Å². The van der Waals surface area contributed by atoms with Crippen molar-refractivity contribution in [3.63, 3.8) is 0 Å². The van der Waals surface area contributed by atoms with Crippen LogP contribution >= 0.6 is 11.3 Å². The number of carbonyl (C=O) groups is 1. The Kier molecular flexibility index (Phi) is 4.71. The van der Waals surface area contributed by atoms with Crippen LogP contribution in [0.4, 0.5) is 5.95 Å². The zero-order chi connectivity index (χ0) is 16.2. The monoisotopic (exact) mass is 334 g/mol. The third-order valence-electron chi connectivity index (χ3n) is 3.63. The Hall–Kier alpha value is -2.22. The lowest BCUT2D eigenvalue weighted by Crippen LogP contribution is -2.24. The molecule has 1 unspecified atom stereocenters. The molecule has 7 nitrogen and oxygen atoms in total. The van der Waals surface area contributed by atoms with E-state index in [-0.39, 0.29) is 12.0 Å². The number of methoxy groups -OCH3 is 1. The fourth-order valence-corrected chi connectivity index (χ4v) is 3.52. The van der Waals surface area contributed by atoms with Crippen LogP contribution in [-0.4, -0.2) is 41.2 Å². The summed E-state index contributed by atoms with van der Waals surface area (Å²) in [6.07, 6.45) is 3.67. The molecule has 0 spiro atoms. The normalized spacial score (nSPS) is 17.3. The van der Waals surface area contributed by atoms with E-state index in [4.69, 9.17) is 9.47 Å². The molecule has 1 fully saturated rings. The van der Waals surface area contributed by atoms with Gasteiger partial charge >= 0.3 is 5.97 Å². The molecule has 1 atom stereocenters. The maximum atomic E-state index is 11.8. The molecule has 122 valence electrons. The maximum Gasteiger partial charge on any atom is 0.357 e. The number of thiazole rings is 1. The highest BCUT2D eigenvalue weighted by Gasteiger charge is 2.31. The molecule has 0 N–H and O–H groups in total. The number of rotatable bonds is 5. The van der Waals surface area contributed by atoms with Gasteiger partial charge in [-0.1, -0.05) is 0 Å². The first-order valence-corrected chi connectivity index (χ1v) is 8.37. The minimum absolute atomic E-state index is 0.0790. The Balaban J connectivity index is 1.82. The van der Waals surface area contributed by atoms with Crippen molar-refractivity contribution in [3.8, 4) is 5.88 Å². The largest absolute Gasteiger partial charge is 0.481 e. The summed E-state index contributed by atoms with van der Waals surface area (Å²) in [5, 5.41) is 2.63. The number of nitrogens with zero attached hydrogens (tertiary/aromatic N) is 4. The van der Waals surface area contributed by atoms with Crippen LogP contribution in [-0.2, 0) is 4.74 Å². The number of aromatic nitrogens is 3. The van der Waals surface area contributed by atoms with E-state index in [1.165, 1.54) is 11.3 Å². The third-order valence-corrected chi connectivity index (χ3v) is 4.57. The van der Waals surface area contributed by atoms with Gasteiger partial charge in [0.1, 0.15) is 5.01 Å². The molecular formula is C15H18N4O3S. The third kappa shape index (κ3) is 3.26. The Labute approximate surface area is 138 Å². The average molecular weight is 334 g/mol. The molecule has 1 aliphatic rings. The number of anilines is 1. The predicted octanol–water partition coefficient (Wildman–Crippen LogP) is 2.46. The first-order valence-electron chi connectivity index (χ1n) is 7.49. The number of carbonyl (C=O) groups excluding carboxylic acids is 1. The van der Waals surface area contributed by atoms with Gasteiger partial charge in [0.2, 0.25) is 11.8 Å². The van der Waals surface area contributed by atoms with Gasteiger partial charge in [-0.2, -0.15) is 4.98 Å². The Morgan fingerprint density at radius 3 is 3.13 bits per heavy atom. The van der Waals surface area contributed by atoms with Crippen LogP contribution in [0.25, 0.3) is 0 Å². The Bertz CT molecular complexity index is 691. The SMILES string of the molecule is CCOC(=O)c1csc(C2CCCN2c2nccc(OC)n2)n1. The summed E-state index contributed by atoms with van der Waals surface area (Å²) in [5.41, 5.74) is 0.366. The summed E-state index contributed by atoms with van der Waals surface area (Å²) >= 11 is 1.47. The van der Waals surface area contributed by atoms with Gasteiger partial charge in [-0.25, -0.2) is 14.8 Å². The lowest BCUT2D eigenvalue weighted by Gasteiger charge is -2.22. The fraction of sp³-hybridized carbons (Fsp3) is 0.467. The molecule has 0 amide bonds. The summed E-state index contributed by atoms with van der Waals surface area (Å²) in [5.74, 6) is 0.781. The second-order valence-electron chi connectivity index (χ2n) is 5.04. The van der Waals surface area contributed by atoms with Crippen LogP contribution in [0.1, 0.15) is 41.3 Å². The first-order chi connectivity index (χ1) is 11.2. The van der Waals surface area contributed by atoms with E-state index < -0.39 is 0 Å².